The monoisotopic (exact) mass is 643 g/mol. The first-order valence-corrected chi connectivity index (χ1v) is 15.7. The highest BCUT2D eigenvalue weighted by Crippen LogP contribution is 2.65. The first-order chi connectivity index (χ1) is 21.4. The summed E-state index contributed by atoms with van der Waals surface area (Å²) in [6.45, 7) is 10.8. The molecule has 12 heteroatoms. The van der Waals surface area contributed by atoms with Crippen molar-refractivity contribution in [2.24, 2.45) is 0 Å². The summed E-state index contributed by atoms with van der Waals surface area (Å²) in [6, 6.07) is 3.64. The van der Waals surface area contributed by atoms with Crippen molar-refractivity contribution in [3.05, 3.63) is 35.1 Å². The van der Waals surface area contributed by atoms with Crippen LogP contribution >= 0.6 is 0 Å². The van der Waals surface area contributed by atoms with Gasteiger partial charge in [-0.15, -0.1) is 0 Å². The SMILES string of the molecule is COc1ccc2c3c1O[C@H]1C(OC(=O)[C@H](CC(=O)OC(C)(C)C)OC(=O)CCC(=O)OC(C)(C)C)=CC[C@@]4(O)[C@H](C2)N(C)CC[C@]314. The summed E-state index contributed by atoms with van der Waals surface area (Å²) in [5.41, 5.74) is -1.82. The van der Waals surface area contributed by atoms with Crippen LogP contribution in [0.15, 0.2) is 24.0 Å². The highest BCUT2D eigenvalue weighted by Gasteiger charge is 2.72. The predicted octanol–water partition coefficient (Wildman–Crippen LogP) is 3.28. The zero-order valence-electron chi connectivity index (χ0n) is 27.9. The fourth-order valence-corrected chi connectivity index (χ4v) is 7.29. The van der Waals surface area contributed by atoms with E-state index < -0.39 is 64.7 Å². The fraction of sp³-hybridized carbons (Fsp3) is 0.647. The summed E-state index contributed by atoms with van der Waals surface area (Å²) in [5, 5.41) is 12.4. The van der Waals surface area contributed by atoms with Crippen LogP contribution in [-0.2, 0) is 50.0 Å². The van der Waals surface area contributed by atoms with E-state index in [1.807, 2.05) is 19.2 Å². The van der Waals surface area contributed by atoms with Gasteiger partial charge in [0.2, 0.25) is 6.10 Å². The minimum Gasteiger partial charge on any atom is -0.493 e. The zero-order valence-corrected chi connectivity index (χ0v) is 27.9. The molecule has 1 saturated heterocycles. The van der Waals surface area contributed by atoms with E-state index in [9.17, 15) is 24.3 Å². The molecule has 0 saturated carbocycles. The Labute approximate surface area is 269 Å². The van der Waals surface area contributed by atoms with Crippen LogP contribution in [0.25, 0.3) is 0 Å². The van der Waals surface area contributed by atoms with E-state index in [4.69, 9.17) is 28.4 Å². The molecule has 252 valence electrons. The number of aliphatic hydroxyl groups is 1. The van der Waals surface area contributed by atoms with E-state index in [1.165, 1.54) is 0 Å². The third-order valence-electron chi connectivity index (χ3n) is 9.04. The maximum Gasteiger partial charge on any atom is 0.353 e. The Bertz CT molecular complexity index is 1450. The van der Waals surface area contributed by atoms with Crippen molar-refractivity contribution in [3.8, 4) is 11.5 Å². The van der Waals surface area contributed by atoms with E-state index in [0.717, 1.165) is 11.1 Å². The largest absolute Gasteiger partial charge is 0.493 e. The number of methoxy groups -OCH3 is 1. The number of esters is 4. The van der Waals surface area contributed by atoms with Crippen LogP contribution in [0.2, 0.25) is 0 Å². The third kappa shape index (κ3) is 6.09. The van der Waals surface area contributed by atoms with Crippen LogP contribution in [-0.4, -0.2) is 89.6 Å². The van der Waals surface area contributed by atoms with Crippen LogP contribution in [0.3, 0.4) is 0 Å². The van der Waals surface area contributed by atoms with Gasteiger partial charge in [0, 0.05) is 18.0 Å². The Hall–Kier alpha value is -3.64. The number of hydrogen-bond acceptors (Lipinski definition) is 12. The number of carbonyl (C=O) groups excluding carboxylic acids is 4. The molecule has 1 N–H and O–H groups in total. The number of hydrogen-bond donors (Lipinski definition) is 1. The minimum absolute atomic E-state index is 0.156. The van der Waals surface area contributed by atoms with Crippen LogP contribution in [0, 0.1) is 0 Å². The molecule has 5 atom stereocenters. The second kappa shape index (κ2) is 11.9. The average molecular weight is 644 g/mol. The van der Waals surface area contributed by atoms with Crippen molar-refractivity contribution in [1.29, 1.82) is 0 Å². The zero-order chi connectivity index (χ0) is 33.8. The van der Waals surface area contributed by atoms with Gasteiger partial charge < -0.3 is 38.4 Å². The van der Waals surface area contributed by atoms with Gasteiger partial charge in [-0.05, 0) is 85.7 Å². The van der Waals surface area contributed by atoms with Gasteiger partial charge >= 0.3 is 23.9 Å². The number of piperidine rings is 1. The fourth-order valence-electron chi connectivity index (χ4n) is 7.29. The summed E-state index contributed by atoms with van der Waals surface area (Å²) in [5.74, 6) is -2.09. The lowest BCUT2D eigenvalue weighted by Gasteiger charge is -2.61. The topological polar surface area (TPSA) is 147 Å². The molecule has 1 fully saturated rings. The van der Waals surface area contributed by atoms with E-state index in [-0.39, 0.29) is 31.1 Å². The lowest BCUT2D eigenvalue weighted by atomic mass is 9.50. The van der Waals surface area contributed by atoms with E-state index >= 15 is 0 Å². The van der Waals surface area contributed by atoms with Gasteiger partial charge in [-0.1, -0.05) is 6.07 Å². The third-order valence-corrected chi connectivity index (χ3v) is 9.04. The second-order valence-corrected chi connectivity index (χ2v) is 14.6. The lowest BCUT2D eigenvalue weighted by Crippen LogP contribution is -2.74. The van der Waals surface area contributed by atoms with E-state index in [1.54, 1.807) is 54.7 Å². The van der Waals surface area contributed by atoms with Gasteiger partial charge in [-0.3, -0.25) is 14.4 Å². The number of likely N-dealkylation sites (tertiary alicyclic amines) is 1. The smallest absolute Gasteiger partial charge is 0.353 e. The molecule has 0 radical (unpaired) electrons. The number of carbonyl (C=O) groups is 4. The van der Waals surface area contributed by atoms with Crippen LogP contribution in [0.4, 0.5) is 0 Å². The average Bonchev–Trinajstić information content (AvgIpc) is 3.29. The molecule has 12 nitrogen and oxygen atoms in total. The maximum atomic E-state index is 13.7. The molecule has 4 aliphatic rings. The quantitative estimate of drug-likeness (QED) is 0.311. The number of likely N-dealkylation sites (N-methyl/N-ethyl adjacent to an activating group) is 1. The minimum atomic E-state index is -1.66. The molecule has 1 aromatic carbocycles. The van der Waals surface area contributed by atoms with Crippen molar-refractivity contribution in [2.75, 3.05) is 20.7 Å². The summed E-state index contributed by atoms with van der Waals surface area (Å²) < 4.78 is 34.1. The summed E-state index contributed by atoms with van der Waals surface area (Å²) in [4.78, 5) is 53.7. The molecule has 46 heavy (non-hydrogen) atoms. The molecule has 2 bridgehead atoms. The number of nitrogens with zero attached hydrogens (tertiary/aromatic N) is 1. The normalized spacial score (nSPS) is 26.9. The van der Waals surface area contributed by atoms with Gasteiger partial charge in [-0.2, -0.15) is 0 Å². The van der Waals surface area contributed by atoms with Crippen LogP contribution in [0.5, 0.6) is 11.5 Å². The standard InChI is InChI=1S/C34H45NO11/c1-31(2,3)45-25(37)12-11-24(36)42-22(18-26(38)46-32(4,5)6)30(39)43-21-13-14-34(40)23-17-19-9-10-20(41-8)28-27(19)33(34,29(21)44-28)15-16-35(23)7/h9-10,13,22-23,29,40H,11-12,14-18H2,1-8H3/t22-,23-,29-,33-,34+/m0/s1. The van der Waals surface area contributed by atoms with Crippen molar-refractivity contribution < 1.29 is 52.7 Å². The number of rotatable bonds is 9. The molecule has 0 amide bonds. The van der Waals surface area contributed by atoms with Crippen molar-refractivity contribution in [3.63, 3.8) is 0 Å². The maximum absolute atomic E-state index is 13.7. The van der Waals surface area contributed by atoms with Crippen LogP contribution in [0.1, 0.15) is 84.8 Å². The predicted molar refractivity (Wildman–Crippen MR) is 163 cm³/mol. The Balaban J connectivity index is 1.41. The molecular weight excluding hydrogens is 598 g/mol. The van der Waals surface area contributed by atoms with Crippen molar-refractivity contribution >= 4 is 23.9 Å². The molecule has 5 rings (SSSR count). The van der Waals surface area contributed by atoms with Crippen LogP contribution < -0.4 is 9.47 Å². The Kier molecular flexibility index (Phi) is 8.70. The van der Waals surface area contributed by atoms with Gasteiger partial charge in [0.05, 0.1) is 37.4 Å². The molecule has 0 unspecified atom stereocenters. The molecule has 2 aliphatic heterocycles. The molecular formula is C34H45NO11. The van der Waals surface area contributed by atoms with E-state index in [2.05, 4.69) is 4.90 Å². The summed E-state index contributed by atoms with van der Waals surface area (Å²) in [6.07, 6.45) is -0.797. The molecule has 2 aliphatic carbocycles. The summed E-state index contributed by atoms with van der Waals surface area (Å²) in [7, 11) is 3.54. The van der Waals surface area contributed by atoms with Gasteiger partial charge in [0.1, 0.15) is 17.0 Å². The molecule has 1 spiro atoms. The van der Waals surface area contributed by atoms with Crippen molar-refractivity contribution in [1.82, 2.24) is 4.90 Å². The Morgan fingerprint density at radius 1 is 1.02 bits per heavy atom. The van der Waals surface area contributed by atoms with Gasteiger partial charge in [-0.25, -0.2) is 4.79 Å². The molecule has 2 heterocycles. The highest BCUT2D eigenvalue weighted by atomic mass is 16.6. The van der Waals surface area contributed by atoms with Gasteiger partial charge in [0.15, 0.2) is 17.6 Å². The number of ether oxygens (including phenoxy) is 6. The molecule has 1 aromatic rings. The lowest BCUT2D eigenvalue weighted by molar-refractivity contribution is -0.179. The highest BCUT2D eigenvalue weighted by molar-refractivity contribution is 5.86. The first-order valence-electron chi connectivity index (χ1n) is 15.7. The van der Waals surface area contributed by atoms with Crippen molar-refractivity contribution in [2.45, 2.75) is 121 Å². The Morgan fingerprint density at radius 3 is 2.33 bits per heavy atom. The molecule has 0 aromatic heterocycles. The Morgan fingerprint density at radius 2 is 1.67 bits per heavy atom. The second-order valence-electron chi connectivity index (χ2n) is 14.6. The van der Waals surface area contributed by atoms with Gasteiger partial charge in [0.25, 0.3) is 0 Å². The first kappa shape index (κ1) is 33.7. The van der Waals surface area contributed by atoms with E-state index in [0.29, 0.717) is 30.9 Å². The number of benzene rings is 1. The summed E-state index contributed by atoms with van der Waals surface area (Å²) >= 11 is 0.